The lowest BCUT2D eigenvalue weighted by Gasteiger charge is -2.32. The largest absolute Gasteiger partial charge is 0.359 e. The summed E-state index contributed by atoms with van der Waals surface area (Å²) in [6.07, 6.45) is 5.62. The average Bonchev–Trinajstić information content (AvgIpc) is 3.23. The van der Waals surface area contributed by atoms with Crippen LogP contribution in [0.5, 0.6) is 0 Å². The van der Waals surface area contributed by atoms with Gasteiger partial charge in [-0.2, -0.15) is 5.10 Å². The number of hydrogen-bond donors (Lipinski definition) is 3. The van der Waals surface area contributed by atoms with Crippen molar-refractivity contribution in [2.45, 2.75) is 18.8 Å². The molecule has 4 rings (SSSR count). The smallest absolute Gasteiger partial charge is 0.321 e. The van der Waals surface area contributed by atoms with Crippen LogP contribution < -0.4 is 15.5 Å². The van der Waals surface area contributed by atoms with Gasteiger partial charge in [-0.1, -0.05) is 11.6 Å². The number of halogens is 1. The first-order chi connectivity index (χ1) is 13.6. The summed E-state index contributed by atoms with van der Waals surface area (Å²) in [4.78, 5) is 27.9. The Morgan fingerprint density at radius 1 is 1.25 bits per heavy atom. The highest BCUT2D eigenvalue weighted by Gasteiger charge is 2.25. The number of aromatic nitrogens is 2. The number of hydrogen-bond acceptors (Lipinski definition) is 4. The zero-order chi connectivity index (χ0) is 19.5. The first kappa shape index (κ1) is 18.6. The fourth-order valence-corrected chi connectivity index (χ4v) is 4.09. The Labute approximate surface area is 168 Å². The number of nitrogens with one attached hydrogen (secondary N) is 3. The number of rotatable bonds is 3. The maximum absolute atomic E-state index is 12.6. The maximum atomic E-state index is 12.6. The number of carbonyl (C=O) groups excluding carboxylic acids is 2. The van der Waals surface area contributed by atoms with Crippen LogP contribution in [0.2, 0.25) is 5.02 Å². The summed E-state index contributed by atoms with van der Waals surface area (Å²) in [5.41, 5.74) is 2.65. The number of piperidine rings is 1. The van der Waals surface area contributed by atoms with Crippen LogP contribution in [0.1, 0.15) is 24.3 Å². The van der Waals surface area contributed by atoms with Gasteiger partial charge in [0.25, 0.3) is 0 Å². The Morgan fingerprint density at radius 3 is 2.75 bits per heavy atom. The van der Waals surface area contributed by atoms with Gasteiger partial charge in [-0.3, -0.25) is 9.89 Å². The van der Waals surface area contributed by atoms with E-state index < -0.39 is 0 Å². The first-order valence-corrected chi connectivity index (χ1v) is 9.84. The molecule has 3 heterocycles. The van der Waals surface area contributed by atoms with Gasteiger partial charge in [0.2, 0.25) is 5.91 Å². The lowest BCUT2D eigenvalue weighted by Crippen LogP contribution is -2.47. The van der Waals surface area contributed by atoms with Gasteiger partial charge in [0.1, 0.15) is 0 Å². The molecule has 0 aliphatic carbocycles. The number of carbonyl (C=O) groups is 2. The van der Waals surface area contributed by atoms with Crippen molar-refractivity contribution in [1.29, 1.82) is 0 Å². The van der Waals surface area contributed by atoms with Crippen molar-refractivity contribution in [3.05, 3.63) is 41.2 Å². The fourth-order valence-electron chi connectivity index (χ4n) is 3.79. The molecule has 2 aliphatic heterocycles. The van der Waals surface area contributed by atoms with Gasteiger partial charge < -0.3 is 20.4 Å². The van der Waals surface area contributed by atoms with Crippen molar-refractivity contribution in [2.75, 3.05) is 42.9 Å². The van der Waals surface area contributed by atoms with Gasteiger partial charge in [0.05, 0.1) is 23.5 Å². The highest BCUT2D eigenvalue weighted by molar-refractivity contribution is 6.33. The molecule has 0 bridgehead atoms. The van der Waals surface area contributed by atoms with E-state index in [1.54, 1.807) is 6.07 Å². The van der Waals surface area contributed by atoms with Gasteiger partial charge in [0, 0.05) is 38.1 Å². The van der Waals surface area contributed by atoms with E-state index in [1.807, 2.05) is 34.3 Å². The topological polar surface area (TPSA) is 93.4 Å². The number of likely N-dealkylation sites (tertiary alicyclic amines) is 1. The molecule has 8 nitrogen and oxygen atoms in total. The van der Waals surface area contributed by atoms with Crippen LogP contribution >= 0.6 is 11.6 Å². The van der Waals surface area contributed by atoms with Crippen molar-refractivity contribution in [3.8, 4) is 0 Å². The Kier molecular flexibility index (Phi) is 5.38. The van der Waals surface area contributed by atoms with Crippen molar-refractivity contribution in [1.82, 2.24) is 20.4 Å². The van der Waals surface area contributed by atoms with Gasteiger partial charge in [-0.05, 0) is 42.5 Å². The Bertz CT molecular complexity index is 848. The standard InChI is InChI=1S/C19H23ClN6O2/c20-16-9-15(1-2-17(16)26-8-5-21-18(27)12-26)24-19(28)25-6-3-13(4-7-25)14-10-22-23-11-14/h1-2,9-11,13H,3-8,12H2,(H,21,27)(H,22,23)(H,24,28). The molecule has 1 aromatic heterocycles. The molecule has 2 fully saturated rings. The number of H-pyrrole nitrogens is 1. The summed E-state index contributed by atoms with van der Waals surface area (Å²) < 4.78 is 0. The highest BCUT2D eigenvalue weighted by atomic mass is 35.5. The molecule has 0 radical (unpaired) electrons. The van der Waals surface area contributed by atoms with Crippen molar-refractivity contribution < 1.29 is 9.59 Å². The van der Waals surface area contributed by atoms with E-state index in [4.69, 9.17) is 11.6 Å². The molecule has 0 unspecified atom stereocenters. The molecule has 2 saturated heterocycles. The van der Waals surface area contributed by atoms with E-state index >= 15 is 0 Å². The number of urea groups is 1. The second-order valence-electron chi connectivity index (χ2n) is 7.16. The summed E-state index contributed by atoms with van der Waals surface area (Å²) in [7, 11) is 0. The molecular formula is C19H23ClN6O2. The third-order valence-electron chi connectivity index (χ3n) is 5.35. The zero-order valence-corrected chi connectivity index (χ0v) is 16.2. The zero-order valence-electron chi connectivity index (χ0n) is 15.4. The predicted molar refractivity (Wildman–Crippen MR) is 108 cm³/mol. The Hall–Kier alpha value is -2.74. The molecule has 1 aromatic carbocycles. The minimum atomic E-state index is -0.119. The second kappa shape index (κ2) is 8.10. The molecular weight excluding hydrogens is 380 g/mol. The van der Waals surface area contributed by atoms with E-state index in [1.165, 1.54) is 5.56 Å². The lowest BCUT2D eigenvalue weighted by atomic mass is 9.92. The minimum Gasteiger partial charge on any atom is -0.359 e. The lowest BCUT2D eigenvalue weighted by molar-refractivity contribution is -0.120. The number of nitrogens with zero attached hydrogens (tertiary/aromatic N) is 3. The third kappa shape index (κ3) is 4.06. The summed E-state index contributed by atoms with van der Waals surface area (Å²) in [6, 6.07) is 5.29. The summed E-state index contributed by atoms with van der Waals surface area (Å²) >= 11 is 6.41. The third-order valence-corrected chi connectivity index (χ3v) is 5.65. The van der Waals surface area contributed by atoms with E-state index in [2.05, 4.69) is 20.8 Å². The maximum Gasteiger partial charge on any atom is 0.321 e. The van der Waals surface area contributed by atoms with E-state index in [0.717, 1.165) is 18.5 Å². The van der Waals surface area contributed by atoms with E-state index in [0.29, 0.717) is 42.8 Å². The summed E-state index contributed by atoms with van der Waals surface area (Å²) in [5.74, 6) is 0.428. The van der Waals surface area contributed by atoms with Crippen molar-refractivity contribution in [2.24, 2.45) is 0 Å². The molecule has 148 valence electrons. The first-order valence-electron chi connectivity index (χ1n) is 9.46. The molecule has 3 N–H and O–H groups in total. The quantitative estimate of drug-likeness (QED) is 0.735. The fraction of sp³-hybridized carbons (Fsp3) is 0.421. The van der Waals surface area contributed by atoms with Crippen LogP contribution in [0, 0.1) is 0 Å². The van der Waals surface area contributed by atoms with Crippen molar-refractivity contribution in [3.63, 3.8) is 0 Å². The Balaban J connectivity index is 1.34. The second-order valence-corrected chi connectivity index (χ2v) is 7.57. The molecule has 0 saturated carbocycles. The molecule has 2 aliphatic rings. The number of aromatic amines is 1. The van der Waals surface area contributed by atoms with Crippen LogP contribution in [-0.2, 0) is 4.79 Å². The average molecular weight is 403 g/mol. The molecule has 2 aromatic rings. The van der Waals surface area contributed by atoms with Crippen LogP contribution in [0.25, 0.3) is 0 Å². The number of benzene rings is 1. The van der Waals surface area contributed by atoms with Gasteiger partial charge in [-0.15, -0.1) is 0 Å². The van der Waals surface area contributed by atoms with Crippen LogP contribution in [0.4, 0.5) is 16.2 Å². The van der Waals surface area contributed by atoms with Crippen LogP contribution in [0.3, 0.4) is 0 Å². The number of anilines is 2. The van der Waals surface area contributed by atoms with Gasteiger partial charge in [0.15, 0.2) is 0 Å². The van der Waals surface area contributed by atoms with E-state index in [9.17, 15) is 9.59 Å². The molecule has 28 heavy (non-hydrogen) atoms. The molecule has 3 amide bonds. The van der Waals surface area contributed by atoms with Crippen molar-refractivity contribution >= 4 is 34.9 Å². The predicted octanol–water partition coefficient (Wildman–Crippen LogP) is 2.41. The van der Waals surface area contributed by atoms with Crippen LogP contribution in [-0.4, -0.2) is 59.8 Å². The number of amides is 3. The van der Waals surface area contributed by atoms with Crippen LogP contribution in [0.15, 0.2) is 30.6 Å². The molecule has 0 spiro atoms. The highest BCUT2D eigenvalue weighted by Crippen LogP contribution is 2.30. The van der Waals surface area contributed by atoms with Gasteiger partial charge >= 0.3 is 6.03 Å². The normalized spacial score (nSPS) is 18.1. The van der Waals surface area contributed by atoms with Gasteiger partial charge in [-0.25, -0.2) is 4.79 Å². The Morgan fingerprint density at radius 2 is 2.07 bits per heavy atom. The number of piperazine rings is 1. The summed E-state index contributed by atoms with van der Waals surface area (Å²) in [5, 5.41) is 13.1. The minimum absolute atomic E-state index is 0.0153. The molecule has 9 heteroatoms. The SMILES string of the molecule is O=C1CN(c2ccc(NC(=O)N3CCC(c4cn[nH]c4)CC3)cc2Cl)CCN1. The summed E-state index contributed by atoms with van der Waals surface area (Å²) in [6.45, 7) is 3.01. The van der Waals surface area contributed by atoms with E-state index in [-0.39, 0.29) is 18.5 Å². The molecule has 0 atom stereocenters. The monoisotopic (exact) mass is 402 g/mol.